The van der Waals surface area contributed by atoms with Gasteiger partial charge in [-0.05, 0) is 44.5 Å². The van der Waals surface area contributed by atoms with Crippen molar-refractivity contribution in [1.29, 1.82) is 0 Å². The molecule has 0 aromatic heterocycles. The van der Waals surface area contributed by atoms with Crippen LogP contribution in [0.15, 0.2) is 18.2 Å². The van der Waals surface area contributed by atoms with Crippen molar-refractivity contribution in [1.82, 2.24) is 10.6 Å². The smallest absolute Gasteiger partial charge is 0.237 e. The van der Waals surface area contributed by atoms with Gasteiger partial charge in [0.1, 0.15) is 11.5 Å². The molecule has 0 radical (unpaired) electrons. The van der Waals surface area contributed by atoms with Crippen LogP contribution in [-0.4, -0.2) is 32.7 Å². The number of amides is 1. The molecule has 0 bridgehead atoms. The van der Waals surface area contributed by atoms with Gasteiger partial charge in [-0.15, -0.1) is 0 Å². The van der Waals surface area contributed by atoms with Crippen LogP contribution in [0.1, 0.15) is 31.4 Å². The maximum absolute atomic E-state index is 12.1. The van der Waals surface area contributed by atoms with E-state index in [0.717, 1.165) is 36.4 Å². The number of methoxy groups -OCH3 is 2. The molecule has 20 heavy (non-hydrogen) atoms. The lowest BCUT2D eigenvalue weighted by molar-refractivity contribution is -0.123. The number of carbonyl (C=O) groups excluding carboxylic acids is 1. The van der Waals surface area contributed by atoms with Crippen molar-refractivity contribution in [3.63, 3.8) is 0 Å². The largest absolute Gasteiger partial charge is 0.497 e. The molecule has 5 heteroatoms. The Hall–Kier alpha value is -1.75. The van der Waals surface area contributed by atoms with E-state index in [-0.39, 0.29) is 18.0 Å². The van der Waals surface area contributed by atoms with E-state index in [4.69, 9.17) is 9.47 Å². The lowest BCUT2D eigenvalue weighted by atomic mass is 10.1. The summed E-state index contributed by atoms with van der Waals surface area (Å²) in [6.45, 7) is 2.86. The highest BCUT2D eigenvalue weighted by Gasteiger charge is 2.24. The van der Waals surface area contributed by atoms with Crippen LogP contribution in [0.2, 0.25) is 0 Å². The van der Waals surface area contributed by atoms with Crippen LogP contribution in [0.4, 0.5) is 0 Å². The molecular weight excluding hydrogens is 256 g/mol. The summed E-state index contributed by atoms with van der Waals surface area (Å²) >= 11 is 0. The Balaban J connectivity index is 2.10. The Morgan fingerprint density at radius 3 is 2.80 bits per heavy atom. The van der Waals surface area contributed by atoms with Crippen molar-refractivity contribution in [3.05, 3.63) is 23.8 Å². The molecule has 0 saturated carbocycles. The van der Waals surface area contributed by atoms with Crippen LogP contribution in [0.25, 0.3) is 0 Å². The van der Waals surface area contributed by atoms with Crippen LogP contribution in [-0.2, 0) is 4.79 Å². The van der Waals surface area contributed by atoms with E-state index >= 15 is 0 Å². The summed E-state index contributed by atoms with van der Waals surface area (Å²) < 4.78 is 10.6. The van der Waals surface area contributed by atoms with Crippen molar-refractivity contribution in [2.24, 2.45) is 0 Å². The average Bonchev–Trinajstić information content (AvgIpc) is 3.00. The minimum absolute atomic E-state index is 0.0415. The fraction of sp³-hybridized carbons (Fsp3) is 0.533. The van der Waals surface area contributed by atoms with Gasteiger partial charge in [-0.2, -0.15) is 0 Å². The molecule has 2 rings (SSSR count). The second-order valence-electron chi connectivity index (χ2n) is 4.99. The molecule has 1 aliphatic rings. The number of ether oxygens (including phenoxy) is 2. The zero-order valence-electron chi connectivity index (χ0n) is 12.2. The number of nitrogens with one attached hydrogen (secondary N) is 2. The standard InChI is InChI=1S/C15H22N2O3/c1-10(17-15(18)13-5-4-8-16-13)12-9-11(19-2)6-7-14(12)20-3/h6-7,9-10,13,16H,4-5,8H2,1-3H3,(H,17,18)/t10?,13-/m1/s1. The van der Waals surface area contributed by atoms with Gasteiger partial charge in [-0.3, -0.25) is 4.79 Å². The second-order valence-corrected chi connectivity index (χ2v) is 4.99. The SMILES string of the molecule is COc1ccc(OC)c(C(C)NC(=O)[C@H]2CCCN2)c1. The number of benzene rings is 1. The predicted molar refractivity (Wildman–Crippen MR) is 77.1 cm³/mol. The minimum Gasteiger partial charge on any atom is -0.497 e. The van der Waals surface area contributed by atoms with Crippen LogP contribution < -0.4 is 20.1 Å². The van der Waals surface area contributed by atoms with Crippen molar-refractivity contribution >= 4 is 5.91 Å². The molecule has 5 nitrogen and oxygen atoms in total. The third-order valence-corrected chi connectivity index (χ3v) is 3.64. The molecule has 1 saturated heterocycles. The normalized spacial score (nSPS) is 19.4. The molecule has 2 N–H and O–H groups in total. The summed E-state index contributed by atoms with van der Waals surface area (Å²) in [6.07, 6.45) is 1.95. The summed E-state index contributed by atoms with van der Waals surface area (Å²) in [4.78, 5) is 12.1. The molecule has 1 unspecified atom stereocenters. The summed E-state index contributed by atoms with van der Waals surface area (Å²) in [5.74, 6) is 1.54. The summed E-state index contributed by atoms with van der Waals surface area (Å²) in [5, 5.41) is 6.22. The number of hydrogen-bond acceptors (Lipinski definition) is 4. The van der Waals surface area contributed by atoms with Gasteiger partial charge in [0, 0.05) is 5.56 Å². The lowest BCUT2D eigenvalue weighted by Gasteiger charge is -2.20. The Morgan fingerprint density at radius 2 is 2.20 bits per heavy atom. The van der Waals surface area contributed by atoms with E-state index in [1.54, 1.807) is 14.2 Å². The van der Waals surface area contributed by atoms with Crippen molar-refractivity contribution in [3.8, 4) is 11.5 Å². The summed E-state index contributed by atoms with van der Waals surface area (Å²) in [6, 6.07) is 5.38. The first-order chi connectivity index (χ1) is 9.65. The van der Waals surface area contributed by atoms with Crippen LogP contribution in [0.3, 0.4) is 0 Å². The summed E-state index contributed by atoms with van der Waals surface area (Å²) in [7, 11) is 3.25. The number of rotatable bonds is 5. The maximum atomic E-state index is 12.1. The first-order valence-corrected chi connectivity index (χ1v) is 6.91. The van der Waals surface area contributed by atoms with E-state index in [0.29, 0.717) is 0 Å². The molecule has 0 aliphatic carbocycles. The van der Waals surface area contributed by atoms with E-state index in [1.165, 1.54) is 0 Å². The van der Waals surface area contributed by atoms with Gasteiger partial charge in [-0.1, -0.05) is 0 Å². The van der Waals surface area contributed by atoms with Crippen LogP contribution >= 0.6 is 0 Å². The molecule has 1 aromatic carbocycles. The van der Waals surface area contributed by atoms with Crippen molar-refractivity contribution in [2.45, 2.75) is 31.8 Å². The van der Waals surface area contributed by atoms with E-state index in [1.807, 2.05) is 25.1 Å². The first kappa shape index (κ1) is 14.7. The molecule has 1 amide bonds. The molecule has 1 heterocycles. The third kappa shape index (κ3) is 3.22. The fourth-order valence-electron chi connectivity index (χ4n) is 2.48. The van der Waals surface area contributed by atoms with Crippen molar-refractivity contribution < 1.29 is 14.3 Å². The first-order valence-electron chi connectivity index (χ1n) is 6.91. The van der Waals surface area contributed by atoms with E-state index in [2.05, 4.69) is 10.6 Å². The molecule has 2 atom stereocenters. The van der Waals surface area contributed by atoms with Gasteiger partial charge in [0.25, 0.3) is 0 Å². The van der Waals surface area contributed by atoms with Gasteiger partial charge in [0.05, 0.1) is 26.3 Å². The zero-order chi connectivity index (χ0) is 14.5. The Bertz CT molecular complexity index is 470. The molecule has 0 spiro atoms. The van der Waals surface area contributed by atoms with Crippen LogP contribution in [0, 0.1) is 0 Å². The van der Waals surface area contributed by atoms with Gasteiger partial charge in [0.15, 0.2) is 0 Å². The molecule has 1 aliphatic heterocycles. The second kappa shape index (κ2) is 6.61. The Labute approximate surface area is 119 Å². The van der Waals surface area contributed by atoms with Crippen molar-refractivity contribution in [2.75, 3.05) is 20.8 Å². The molecule has 1 aromatic rings. The zero-order valence-corrected chi connectivity index (χ0v) is 12.2. The summed E-state index contributed by atoms with van der Waals surface area (Å²) in [5.41, 5.74) is 0.915. The maximum Gasteiger partial charge on any atom is 0.237 e. The highest BCUT2D eigenvalue weighted by Crippen LogP contribution is 2.29. The quantitative estimate of drug-likeness (QED) is 0.859. The van der Waals surface area contributed by atoms with Gasteiger partial charge < -0.3 is 20.1 Å². The minimum atomic E-state index is -0.130. The van der Waals surface area contributed by atoms with Crippen LogP contribution in [0.5, 0.6) is 11.5 Å². The average molecular weight is 278 g/mol. The topological polar surface area (TPSA) is 59.6 Å². The predicted octanol–water partition coefficient (Wildman–Crippen LogP) is 1.63. The van der Waals surface area contributed by atoms with E-state index < -0.39 is 0 Å². The Morgan fingerprint density at radius 1 is 1.40 bits per heavy atom. The molecule has 1 fully saturated rings. The van der Waals surface area contributed by atoms with E-state index in [9.17, 15) is 4.79 Å². The molecular formula is C15H22N2O3. The monoisotopic (exact) mass is 278 g/mol. The molecule has 110 valence electrons. The van der Waals surface area contributed by atoms with Gasteiger partial charge >= 0.3 is 0 Å². The highest BCUT2D eigenvalue weighted by atomic mass is 16.5. The third-order valence-electron chi connectivity index (χ3n) is 3.64. The van der Waals surface area contributed by atoms with Gasteiger partial charge in [0.2, 0.25) is 5.91 Å². The Kier molecular flexibility index (Phi) is 4.84. The highest BCUT2D eigenvalue weighted by molar-refractivity contribution is 5.82. The fourth-order valence-corrected chi connectivity index (χ4v) is 2.48. The van der Waals surface area contributed by atoms with Gasteiger partial charge in [-0.25, -0.2) is 0 Å². The lowest BCUT2D eigenvalue weighted by Crippen LogP contribution is -2.41. The number of carbonyl (C=O) groups is 1. The number of hydrogen-bond donors (Lipinski definition) is 2.